The van der Waals surface area contributed by atoms with Crippen LogP contribution in [0.15, 0.2) is 0 Å². The molecular formula is C9H21NO3S. The third-order valence-electron chi connectivity index (χ3n) is 1.72. The van der Waals surface area contributed by atoms with E-state index < -0.39 is 15.6 Å². The van der Waals surface area contributed by atoms with Crippen LogP contribution in [0.2, 0.25) is 0 Å². The second-order valence-electron chi connectivity index (χ2n) is 4.63. The van der Waals surface area contributed by atoms with Crippen molar-refractivity contribution in [3.05, 3.63) is 0 Å². The van der Waals surface area contributed by atoms with E-state index in [1.165, 1.54) is 0 Å². The second-order valence-corrected chi connectivity index (χ2v) is 6.40. The van der Waals surface area contributed by atoms with Crippen molar-refractivity contribution in [2.45, 2.75) is 39.7 Å². The van der Waals surface area contributed by atoms with Crippen molar-refractivity contribution < 1.29 is 13.5 Å². The minimum Gasteiger partial charge on any atom is -0.396 e. The molecule has 0 unspecified atom stereocenters. The quantitative estimate of drug-likeness (QED) is 0.697. The summed E-state index contributed by atoms with van der Waals surface area (Å²) in [4.78, 5) is 0. The van der Waals surface area contributed by atoms with Crippen LogP contribution in [-0.2, 0) is 10.0 Å². The molecule has 0 aromatic heterocycles. The summed E-state index contributed by atoms with van der Waals surface area (Å²) in [5.41, 5.74) is -0.567. The van der Waals surface area contributed by atoms with Crippen molar-refractivity contribution in [3.63, 3.8) is 0 Å². The van der Waals surface area contributed by atoms with E-state index in [0.717, 1.165) is 0 Å². The van der Waals surface area contributed by atoms with Gasteiger partial charge >= 0.3 is 0 Å². The largest absolute Gasteiger partial charge is 0.396 e. The van der Waals surface area contributed by atoms with Crippen LogP contribution in [0, 0.1) is 5.92 Å². The Kier molecular flexibility index (Phi) is 5.05. The van der Waals surface area contributed by atoms with Crippen LogP contribution in [0.3, 0.4) is 0 Å². The van der Waals surface area contributed by atoms with E-state index in [2.05, 4.69) is 4.72 Å². The Morgan fingerprint density at radius 2 is 1.86 bits per heavy atom. The van der Waals surface area contributed by atoms with E-state index in [9.17, 15) is 8.42 Å². The molecule has 0 rings (SSSR count). The zero-order chi connectivity index (χ0) is 11.4. The van der Waals surface area contributed by atoms with Gasteiger partial charge in [-0.2, -0.15) is 0 Å². The van der Waals surface area contributed by atoms with Crippen LogP contribution < -0.4 is 4.72 Å². The molecule has 0 aliphatic carbocycles. The highest BCUT2D eigenvalue weighted by atomic mass is 32.2. The van der Waals surface area contributed by atoms with Crippen molar-refractivity contribution >= 4 is 10.0 Å². The average Bonchev–Trinajstić information content (AvgIpc) is 1.78. The molecule has 86 valence electrons. The number of hydrogen-bond donors (Lipinski definition) is 2. The maximum absolute atomic E-state index is 11.5. The van der Waals surface area contributed by atoms with Gasteiger partial charge in [-0.25, -0.2) is 13.1 Å². The third kappa shape index (κ3) is 6.34. The van der Waals surface area contributed by atoms with Crippen LogP contribution in [0.1, 0.15) is 34.1 Å². The summed E-state index contributed by atoms with van der Waals surface area (Å²) in [6.07, 6.45) is 0.421. The van der Waals surface area contributed by atoms with Gasteiger partial charge in [-0.05, 0) is 26.2 Å². The normalized spacial score (nSPS) is 13.6. The molecule has 0 aliphatic heterocycles. The van der Waals surface area contributed by atoms with Crippen LogP contribution in [0.5, 0.6) is 0 Å². The van der Waals surface area contributed by atoms with Crippen molar-refractivity contribution in [2.75, 3.05) is 12.4 Å². The van der Waals surface area contributed by atoms with Gasteiger partial charge in [0.15, 0.2) is 0 Å². The first-order chi connectivity index (χ1) is 6.18. The first-order valence-electron chi connectivity index (χ1n) is 4.81. The number of nitrogens with one attached hydrogen (secondary N) is 1. The highest BCUT2D eigenvalue weighted by Crippen LogP contribution is 2.10. The lowest BCUT2D eigenvalue weighted by Crippen LogP contribution is -2.45. The lowest BCUT2D eigenvalue weighted by atomic mass is 10.0. The average molecular weight is 223 g/mol. The molecule has 0 saturated carbocycles. The molecule has 5 heteroatoms. The molecule has 0 fully saturated rings. The SMILES string of the molecule is CC(C)CS(=O)(=O)NC(C)(C)CCO. The van der Waals surface area contributed by atoms with Gasteiger partial charge < -0.3 is 5.11 Å². The van der Waals surface area contributed by atoms with Gasteiger partial charge in [-0.15, -0.1) is 0 Å². The van der Waals surface area contributed by atoms with Gasteiger partial charge in [0.1, 0.15) is 0 Å². The molecule has 0 aliphatic rings. The van der Waals surface area contributed by atoms with Gasteiger partial charge in [-0.1, -0.05) is 13.8 Å². The van der Waals surface area contributed by atoms with Crippen LogP contribution in [-0.4, -0.2) is 31.4 Å². The first kappa shape index (κ1) is 13.9. The predicted octanol–water partition coefficient (Wildman–Crippen LogP) is 0.723. The second kappa shape index (κ2) is 5.09. The number of aliphatic hydroxyl groups excluding tert-OH is 1. The Hall–Kier alpha value is -0.130. The van der Waals surface area contributed by atoms with Crippen molar-refractivity contribution in [3.8, 4) is 0 Å². The fourth-order valence-corrected chi connectivity index (χ4v) is 3.14. The Morgan fingerprint density at radius 3 is 2.21 bits per heavy atom. The fourth-order valence-electron chi connectivity index (χ4n) is 1.23. The van der Waals surface area contributed by atoms with Crippen molar-refractivity contribution in [2.24, 2.45) is 5.92 Å². The number of rotatable bonds is 6. The van der Waals surface area contributed by atoms with Gasteiger partial charge in [0.2, 0.25) is 10.0 Å². The first-order valence-corrected chi connectivity index (χ1v) is 6.46. The summed E-state index contributed by atoms with van der Waals surface area (Å²) in [6, 6.07) is 0. The van der Waals surface area contributed by atoms with Crippen LogP contribution in [0.4, 0.5) is 0 Å². The van der Waals surface area contributed by atoms with Gasteiger partial charge in [0, 0.05) is 12.1 Å². The predicted molar refractivity (Wildman–Crippen MR) is 57.5 cm³/mol. The third-order valence-corrected chi connectivity index (χ3v) is 3.69. The molecule has 0 bridgehead atoms. The number of sulfonamides is 1. The highest BCUT2D eigenvalue weighted by Gasteiger charge is 2.24. The lowest BCUT2D eigenvalue weighted by molar-refractivity contribution is 0.245. The van der Waals surface area contributed by atoms with Crippen LogP contribution in [0.25, 0.3) is 0 Å². The Labute approximate surface area is 86.8 Å². The summed E-state index contributed by atoms with van der Waals surface area (Å²) in [5, 5.41) is 8.75. The minimum atomic E-state index is -3.22. The Bertz CT molecular complexity index is 257. The fraction of sp³-hybridized carbons (Fsp3) is 1.00. The lowest BCUT2D eigenvalue weighted by Gasteiger charge is -2.25. The van der Waals surface area contributed by atoms with Crippen LogP contribution >= 0.6 is 0 Å². The highest BCUT2D eigenvalue weighted by molar-refractivity contribution is 7.89. The topological polar surface area (TPSA) is 66.4 Å². The maximum atomic E-state index is 11.5. The van der Waals surface area contributed by atoms with E-state index in [1.54, 1.807) is 13.8 Å². The van der Waals surface area contributed by atoms with E-state index in [-0.39, 0.29) is 18.3 Å². The number of hydrogen-bond acceptors (Lipinski definition) is 3. The molecular weight excluding hydrogens is 202 g/mol. The summed E-state index contributed by atoms with van der Waals surface area (Å²) < 4.78 is 25.7. The Balaban J connectivity index is 4.35. The molecule has 0 saturated heterocycles. The number of aliphatic hydroxyl groups is 1. The maximum Gasteiger partial charge on any atom is 0.212 e. The minimum absolute atomic E-state index is 0.0167. The van der Waals surface area contributed by atoms with Gasteiger partial charge in [0.05, 0.1) is 5.75 Å². The molecule has 4 nitrogen and oxygen atoms in total. The van der Waals surface area contributed by atoms with Gasteiger partial charge in [0.25, 0.3) is 0 Å². The van der Waals surface area contributed by atoms with E-state index in [4.69, 9.17) is 5.11 Å². The summed E-state index contributed by atoms with van der Waals surface area (Å²) in [5.74, 6) is 0.236. The Morgan fingerprint density at radius 1 is 1.36 bits per heavy atom. The molecule has 0 atom stereocenters. The smallest absolute Gasteiger partial charge is 0.212 e. The van der Waals surface area contributed by atoms with E-state index in [0.29, 0.717) is 6.42 Å². The summed E-state index contributed by atoms with van der Waals surface area (Å²) in [7, 11) is -3.22. The molecule has 0 aromatic rings. The molecule has 14 heavy (non-hydrogen) atoms. The summed E-state index contributed by atoms with van der Waals surface area (Å²) in [6.45, 7) is 7.23. The van der Waals surface area contributed by atoms with E-state index in [1.807, 2.05) is 13.8 Å². The molecule has 0 spiro atoms. The summed E-state index contributed by atoms with van der Waals surface area (Å²) >= 11 is 0. The molecule has 0 heterocycles. The monoisotopic (exact) mass is 223 g/mol. The van der Waals surface area contributed by atoms with Gasteiger partial charge in [-0.3, -0.25) is 0 Å². The standard InChI is InChI=1S/C9H21NO3S/c1-8(2)7-14(12,13)10-9(3,4)5-6-11/h8,10-11H,5-7H2,1-4H3. The molecule has 0 aromatic carbocycles. The molecule has 0 amide bonds. The van der Waals surface area contributed by atoms with Crippen molar-refractivity contribution in [1.29, 1.82) is 0 Å². The van der Waals surface area contributed by atoms with Crippen molar-refractivity contribution in [1.82, 2.24) is 4.72 Å². The molecule has 0 radical (unpaired) electrons. The zero-order valence-electron chi connectivity index (χ0n) is 9.37. The molecule has 2 N–H and O–H groups in total. The van der Waals surface area contributed by atoms with E-state index >= 15 is 0 Å². The zero-order valence-corrected chi connectivity index (χ0v) is 10.2.